The van der Waals surface area contributed by atoms with Crippen molar-refractivity contribution in [2.45, 2.75) is 11.4 Å². The van der Waals surface area contributed by atoms with Gasteiger partial charge >= 0.3 is 0 Å². The summed E-state index contributed by atoms with van der Waals surface area (Å²) in [7, 11) is -3.13. The lowest BCUT2D eigenvalue weighted by molar-refractivity contribution is 0.597. The van der Waals surface area contributed by atoms with E-state index in [0.29, 0.717) is 17.2 Å². The van der Waals surface area contributed by atoms with Crippen molar-refractivity contribution in [1.82, 2.24) is 0 Å². The molecule has 0 aliphatic carbocycles. The molecule has 1 rings (SSSR count). The molecule has 0 aliphatic heterocycles. The molecule has 5 heteroatoms. The van der Waals surface area contributed by atoms with Gasteiger partial charge in [-0.1, -0.05) is 12.1 Å². The highest BCUT2D eigenvalue weighted by atomic mass is 32.2. The van der Waals surface area contributed by atoms with E-state index in [0.717, 1.165) is 5.56 Å². The summed E-state index contributed by atoms with van der Waals surface area (Å²) in [5.74, 6) is 0.803. The Kier molecular flexibility index (Phi) is 4.63. The number of sulfone groups is 1. The first-order chi connectivity index (χ1) is 7.10. The molecule has 0 aliphatic rings. The van der Waals surface area contributed by atoms with Gasteiger partial charge in [-0.3, -0.25) is 0 Å². The second-order valence-corrected chi connectivity index (χ2v) is 6.26. The normalized spacial score (nSPS) is 11.6. The third-order valence-electron chi connectivity index (χ3n) is 2.05. The molecule has 0 atom stereocenters. The van der Waals surface area contributed by atoms with E-state index in [-0.39, 0.29) is 5.75 Å². The first kappa shape index (κ1) is 12.5. The molecule has 0 spiro atoms. The number of thioether (sulfide) groups is 1. The van der Waals surface area contributed by atoms with Crippen LogP contribution in [0.4, 0.5) is 0 Å². The third-order valence-corrected chi connectivity index (χ3v) is 4.63. The molecule has 0 fully saturated rings. The van der Waals surface area contributed by atoms with Crippen molar-refractivity contribution in [3.8, 4) is 0 Å². The van der Waals surface area contributed by atoms with Crippen LogP contribution >= 0.6 is 11.8 Å². The molecule has 0 saturated carbocycles. The second kappa shape index (κ2) is 5.53. The standard InChI is InChI=1S/C10H15NO2S2/c1-14-5-6-15(12,13)10-4-2-3-9(7-10)8-11/h2-4,7H,5-6,8,11H2,1H3. The fraction of sp³-hybridized carbons (Fsp3) is 0.400. The van der Waals surface area contributed by atoms with Gasteiger partial charge in [-0.15, -0.1) is 0 Å². The topological polar surface area (TPSA) is 60.2 Å². The van der Waals surface area contributed by atoms with Crippen LogP contribution in [0, 0.1) is 0 Å². The van der Waals surface area contributed by atoms with Crippen LogP contribution in [0.25, 0.3) is 0 Å². The zero-order chi connectivity index (χ0) is 11.3. The van der Waals surface area contributed by atoms with E-state index in [4.69, 9.17) is 5.73 Å². The minimum atomic E-state index is -3.13. The Hall–Kier alpha value is -0.520. The van der Waals surface area contributed by atoms with Crippen molar-refractivity contribution in [1.29, 1.82) is 0 Å². The van der Waals surface area contributed by atoms with Crippen molar-refractivity contribution < 1.29 is 8.42 Å². The molecule has 0 heterocycles. The van der Waals surface area contributed by atoms with Crippen LogP contribution in [0.5, 0.6) is 0 Å². The van der Waals surface area contributed by atoms with E-state index < -0.39 is 9.84 Å². The number of nitrogens with two attached hydrogens (primary N) is 1. The van der Waals surface area contributed by atoms with E-state index in [2.05, 4.69) is 0 Å². The van der Waals surface area contributed by atoms with Crippen LogP contribution in [-0.2, 0) is 16.4 Å². The summed E-state index contributed by atoms with van der Waals surface area (Å²) >= 11 is 1.53. The fourth-order valence-electron chi connectivity index (χ4n) is 1.18. The smallest absolute Gasteiger partial charge is 0.179 e. The van der Waals surface area contributed by atoms with Gasteiger partial charge < -0.3 is 5.73 Å². The maximum absolute atomic E-state index is 11.8. The highest BCUT2D eigenvalue weighted by molar-refractivity contribution is 8.00. The summed E-state index contributed by atoms with van der Waals surface area (Å²) in [6.45, 7) is 0.367. The van der Waals surface area contributed by atoms with Crippen LogP contribution in [0.1, 0.15) is 5.56 Å². The molecule has 15 heavy (non-hydrogen) atoms. The quantitative estimate of drug-likeness (QED) is 0.849. The molecule has 0 bridgehead atoms. The maximum atomic E-state index is 11.8. The van der Waals surface area contributed by atoms with Crippen LogP contribution in [-0.4, -0.2) is 26.2 Å². The Balaban J connectivity index is 2.94. The third kappa shape index (κ3) is 3.52. The minimum absolute atomic E-state index is 0.183. The Bertz CT molecular complexity index is 415. The van der Waals surface area contributed by atoms with Crippen LogP contribution in [0.2, 0.25) is 0 Å². The van der Waals surface area contributed by atoms with Gasteiger partial charge in [0, 0.05) is 12.3 Å². The summed E-state index contributed by atoms with van der Waals surface area (Å²) in [5, 5.41) is 0. The van der Waals surface area contributed by atoms with Gasteiger partial charge in [0.05, 0.1) is 10.6 Å². The molecule has 0 unspecified atom stereocenters. The van der Waals surface area contributed by atoms with E-state index in [9.17, 15) is 8.42 Å². The first-order valence-electron chi connectivity index (χ1n) is 4.61. The van der Waals surface area contributed by atoms with E-state index >= 15 is 0 Å². The van der Waals surface area contributed by atoms with Gasteiger partial charge in [0.25, 0.3) is 0 Å². The van der Waals surface area contributed by atoms with E-state index in [1.807, 2.05) is 12.3 Å². The number of benzene rings is 1. The van der Waals surface area contributed by atoms with Gasteiger partial charge in [-0.05, 0) is 24.0 Å². The van der Waals surface area contributed by atoms with Gasteiger partial charge in [-0.2, -0.15) is 11.8 Å². The fourth-order valence-corrected chi connectivity index (χ4v) is 3.57. The molecular weight excluding hydrogens is 230 g/mol. The molecule has 1 aromatic rings. The molecule has 0 amide bonds. The Labute approximate surface area is 95.0 Å². The molecule has 0 aromatic heterocycles. The van der Waals surface area contributed by atoms with Gasteiger partial charge in [0.2, 0.25) is 0 Å². The molecule has 0 saturated heterocycles. The predicted molar refractivity (Wildman–Crippen MR) is 64.8 cm³/mol. The summed E-state index contributed by atoms with van der Waals surface area (Å²) in [5.41, 5.74) is 6.31. The van der Waals surface area contributed by atoms with E-state index in [1.165, 1.54) is 11.8 Å². The van der Waals surface area contributed by atoms with Crippen LogP contribution in [0.15, 0.2) is 29.2 Å². The van der Waals surface area contributed by atoms with Crippen molar-refractivity contribution in [3.63, 3.8) is 0 Å². The van der Waals surface area contributed by atoms with Crippen molar-refractivity contribution in [2.24, 2.45) is 5.73 Å². The Morgan fingerprint density at radius 2 is 2.13 bits per heavy atom. The summed E-state index contributed by atoms with van der Waals surface area (Å²) in [6.07, 6.45) is 1.89. The second-order valence-electron chi connectivity index (χ2n) is 3.16. The lowest BCUT2D eigenvalue weighted by Crippen LogP contribution is -2.09. The molecule has 3 nitrogen and oxygen atoms in total. The lowest BCUT2D eigenvalue weighted by atomic mass is 10.2. The summed E-state index contributed by atoms with van der Waals surface area (Å²) in [6, 6.07) is 6.83. The largest absolute Gasteiger partial charge is 0.326 e. The Morgan fingerprint density at radius 1 is 1.40 bits per heavy atom. The number of hydrogen-bond acceptors (Lipinski definition) is 4. The molecule has 0 radical (unpaired) electrons. The Morgan fingerprint density at radius 3 is 2.73 bits per heavy atom. The summed E-state index contributed by atoms with van der Waals surface area (Å²) in [4.78, 5) is 0.375. The monoisotopic (exact) mass is 245 g/mol. The number of rotatable bonds is 5. The van der Waals surface area contributed by atoms with Gasteiger partial charge in [-0.25, -0.2) is 8.42 Å². The first-order valence-corrected chi connectivity index (χ1v) is 7.65. The van der Waals surface area contributed by atoms with Gasteiger partial charge in [0.1, 0.15) is 0 Å². The number of hydrogen-bond donors (Lipinski definition) is 1. The summed E-state index contributed by atoms with van der Waals surface area (Å²) < 4.78 is 23.6. The SMILES string of the molecule is CSCCS(=O)(=O)c1cccc(CN)c1. The lowest BCUT2D eigenvalue weighted by Gasteiger charge is -2.04. The van der Waals surface area contributed by atoms with Crippen molar-refractivity contribution in [2.75, 3.05) is 17.8 Å². The molecule has 84 valence electrons. The highest BCUT2D eigenvalue weighted by Crippen LogP contribution is 2.14. The minimum Gasteiger partial charge on any atom is -0.326 e. The van der Waals surface area contributed by atoms with E-state index in [1.54, 1.807) is 18.2 Å². The molecular formula is C10H15NO2S2. The predicted octanol–water partition coefficient (Wildman–Crippen LogP) is 1.28. The molecule has 2 N–H and O–H groups in total. The van der Waals surface area contributed by atoms with Gasteiger partial charge in [0.15, 0.2) is 9.84 Å². The van der Waals surface area contributed by atoms with Crippen LogP contribution < -0.4 is 5.73 Å². The van der Waals surface area contributed by atoms with Crippen LogP contribution in [0.3, 0.4) is 0 Å². The van der Waals surface area contributed by atoms with Crippen molar-refractivity contribution >= 4 is 21.6 Å². The average molecular weight is 245 g/mol. The maximum Gasteiger partial charge on any atom is 0.179 e. The highest BCUT2D eigenvalue weighted by Gasteiger charge is 2.13. The zero-order valence-corrected chi connectivity index (χ0v) is 10.3. The average Bonchev–Trinajstić information content (AvgIpc) is 2.26. The van der Waals surface area contributed by atoms with Crippen molar-refractivity contribution in [3.05, 3.63) is 29.8 Å². The zero-order valence-electron chi connectivity index (χ0n) is 8.64. The molecule has 1 aromatic carbocycles.